The van der Waals surface area contributed by atoms with E-state index in [1.165, 1.54) is 12.8 Å². The lowest BCUT2D eigenvalue weighted by Gasteiger charge is -2.37. The Kier molecular flexibility index (Phi) is 4.66. The molecule has 0 aromatic heterocycles. The SMILES string of the molecule is Cc1ccc(NC(=O)CC(=O)N2CCN3CCC[C@H]3C2)c(C)c1. The maximum atomic E-state index is 12.4. The Morgan fingerprint density at radius 2 is 2.04 bits per heavy atom. The van der Waals surface area contributed by atoms with Gasteiger partial charge in [-0.05, 0) is 44.9 Å². The van der Waals surface area contributed by atoms with E-state index in [1.807, 2.05) is 36.9 Å². The molecule has 2 aliphatic rings. The van der Waals surface area contributed by atoms with Crippen LogP contribution in [0.5, 0.6) is 0 Å². The molecular formula is C18H25N3O2. The molecule has 5 heteroatoms. The first-order valence-corrected chi connectivity index (χ1v) is 8.42. The fourth-order valence-corrected chi connectivity index (χ4v) is 3.62. The van der Waals surface area contributed by atoms with E-state index < -0.39 is 0 Å². The average molecular weight is 315 g/mol. The maximum Gasteiger partial charge on any atom is 0.233 e. The number of benzene rings is 1. The van der Waals surface area contributed by atoms with Crippen LogP contribution in [-0.4, -0.2) is 53.8 Å². The van der Waals surface area contributed by atoms with Gasteiger partial charge in [-0.2, -0.15) is 0 Å². The van der Waals surface area contributed by atoms with Crippen LogP contribution in [0.4, 0.5) is 5.69 Å². The van der Waals surface area contributed by atoms with Crippen molar-refractivity contribution in [3.63, 3.8) is 0 Å². The summed E-state index contributed by atoms with van der Waals surface area (Å²) in [4.78, 5) is 28.8. The molecule has 1 aromatic carbocycles. The number of carbonyl (C=O) groups excluding carboxylic acids is 2. The van der Waals surface area contributed by atoms with Crippen LogP contribution in [0.3, 0.4) is 0 Å². The van der Waals surface area contributed by atoms with Crippen molar-refractivity contribution >= 4 is 17.5 Å². The van der Waals surface area contributed by atoms with Crippen LogP contribution < -0.4 is 5.32 Å². The number of piperazine rings is 1. The minimum atomic E-state index is -0.226. The van der Waals surface area contributed by atoms with Gasteiger partial charge in [-0.1, -0.05) is 17.7 Å². The number of fused-ring (bicyclic) bond motifs is 1. The molecule has 23 heavy (non-hydrogen) atoms. The van der Waals surface area contributed by atoms with Gasteiger partial charge in [-0.15, -0.1) is 0 Å². The van der Waals surface area contributed by atoms with E-state index in [4.69, 9.17) is 0 Å². The highest BCUT2D eigenvalue weighted by molar-refractivity contribution is 6.03. The van der Waals surface area contributed by atoms with Gasteiger partial charge in [0.15, 0.2) is 0 Å². The van der Waals surface area contributed by atoms with Crippen molar-refractivity contribution in [2.24, 2.45) is 0 Å². The molecule has 0 saturated carbocycles. The van der Waals surface area contributed by atoms with Gasteiger partial charge in [-0.25, -0.2) is 0 Å². The number of carbonyl (C=O) groups is 2. The third kappa shape index (κ3) is 3.72. The molecule has 2 aliphatic heterocycles. The first-order chi connectivity index (χ1) is 11.0. The predicted octanol–water partition coefficient (Wildman–Crippen LogP) is 1.94. The number of nitrogens with zero attached hydrogens (tertiary/aromatic N) is 2. The summed E-state index contributed by atoms with van der Waals surface area (Å²) in [5.41, 5.74) is 2.96. The monoisotopic (exact) mass is 315 g/mol. The molecule has 0 bridgehead atoms. The van der Waals surface area contributed by atoms with E-state index in [-0.39, 0.29) is 18.2 Å². The molecule has 0 spiro atoms. The van der Waals surface area contributed by atoms with Crippen LogP contribution in [0.15, 0.2) is 18.2 Å². The summed E-state index contributed by atoms with van der Waals surface area (Å²) in [6.07, 6.45) is 2.32. The van der Waals surface area contributed by atoms with Crippen LogP contribution in [0.1, 0.15) is 30.4 Å². The topological polar surface area (TPSA) is 52.7 Å². The van der Waals surface area contributed by atoms with E-state index in [9.17, 15) is 9.59 Å². The second kappa shape index (κ2) is 6.71. The van der Waals surface area contributed by atoms with E-state index in [0.29, 0.717) is 6.04 Å². The van der Waals surface area contributed by atoms with Crippen LogP contribution in [0.25, 0.3) is 0 Å². The molecule has 2 fully saturated rings. The van der Waals surface area contributed by atoms with Gasteiger partial charge in [0.2, 0.25) is 11.8 Å². The van der Waals surface area contributed by atoms with Crippen molar-refractivity contribution in [2.75, 3.05) is 31.5 Å². The zero-order chi connectivity index (χ0) is 16.4. The Hall–Kier alpha value is -1.88. The molecule has 1 N–H and O–H groups in total. The van der Waals surface area contributed by atoms with Crippen molar-refractivity contribution in [1.82, 2.24) is 9.80 Å². The third-order valence-electron chi connectivity index (χ3n) is 4.91. The largest absolute Gasteiger partial charge is 0.339 e. The summed E-state index contributed by atoms with van der Waals surface area (Å²) < 4.78 is 0. The summed E-state index contributed by atoms with van der Waals surface area (Å²) >= 11 is 0. The molecule has 3 rings (SSSR count). The third-order valence-corrected chi connectivity index (χ3v) is 4.91. The fourth-order valence-electron chi connectivity index (χ4n) is 3.62. The molecule has 1 atom stereocenters. The lowest BCUT2D eigenvalue weighted by Crippen LogP contribution is -2.52. The molecule has 0 aliphatic carbocycles. The Balaban J connectivity index is 1.54. The van der Waals surface area contributed by atoms with Crippen LogP contribution in [0.2, 0.25) is 0 Å². The average Bonchev–Trinajstić information content (AvgIpc) is 2.97. The normalized spacial score (nSPS) is 21.1. The summed E-state index contributed by atoms with van der Waals surface area (Å²) in [6.45, 7) is 7.59. The molecule has 1 aromatic rings. The quantitative estimate of drug-likeness (QED) is 0.867. The number of anilines is 1. The van der Waals surface area contributed by atoms with E-state index >= 15 is 0 Å². The van der Waals surface area contributed by atoms with E-state index in [2.05, 4.69) is 10.2 Å². The number of hydrogen-bond donors (Lipinski definition) is 1. The molecule has 2 saturated heterocycles. The van der Waals surface area contributed by atoms with Gasteiger partial charge in [0, 0.05) is 31.4 Å². The van der Waals surface area contributed by atoms with Gasteiger partial charge < -0.3 is 10.2 Å². The van der Waals surface area contributed by atoms with E-state index in [1.54, 1.807) is 0 Å². The molecule has 5 nitrogen and oxygen atoms in total. The van der Waals surface area contributed by atoms with Gasteiger partial charge in [0.25, 0.3) is 0 Å². The first-order valence-electron chi connectivity index (χ1n) is 8.42. The minimum absolute atomic E-state index is 0.0567. The number of rotatable bonds is 3. The summed E-state index contributed by atoms with van der Waals surface area (Å²) in [6, 6.07) is 6.38. The molecular weight excluding hydrogens is 290 g/mol. The standard InChI is InChI=1S/C18H25N3O2/c1-13-5-6-16(14(2)10-13)19-17(22)11-18(23)21-9-8-20-7-3-4-15(20)12-21/h5-6,10,15H,3-4,7-9,11-12H2,1-2H3,(H,19,22)/t15-/m0/s1. The zero-order valence-electron chi connectivity index (χ0n) is 14.0. The minimum Gasteiger partial charge on any atom is -0.339 e. The molecule has 2 heterocycles. The summed E-state index contributed by atoms with van der Waals surface area (Å²) in [5, 5.41) is 2.86. The Morgan fingerprint density at radius 1 is 1.22 bits per heavy atom. The fraction of sp³-hybridized carbons (Fsp3) is 0.556. The predicted molar refractivity (Wildman–Crippen MR) is 90.3 cm³/mol. The van der Waals surface area contributed by atoms with Gasteiger partial charge in [0.05, 0.1) is 0 Å². The second-order valence-electron chi connectivity index (χ2n) is 6.72. The second-order valence-corrected chi connectivity index (χ2v) is 6.72. The lowest BCUT2D eigenvalue weighted by atomic mass is 10.1. The van der Waals surface area contributed by atoms with Crippen molar-refractivity contribution in [1.29, 1.82) is 0 Å². The summed E-state index contributed by atoms with van der Waals surface area (Å²) in [5.74, 6) is -0.283. The lowest BCUT2D eigenvalue weighted by molar-refractivity contribution is -0.136. The number of nitrogens with one attached hydrogen (secondary N) is 1. The van der Waals surface area contributed by atoms with Gasteiger partial charge in [-0.3, -0.25) is 14.5 Å². The first kappa shape index (κ1) is 16.0. The number of aryl methyl sites for hydroxylation is 2. The van der Waals surface area contributed by atoms with E-state index in [0.717, 1.165) is 43.0 Å². The molecule has 124 valence electrons. The highest BCUT2D eigenvalue weighted by Crippen LogP contribution is 2.22. The Bertz CT molecular complexity index is 614. The van der Waals surface area contributed by atoms with Gasteiger partial charge >= 0.3 is 0 Å². The molecule has 2 amide bonds. The van der Waals surface area contributed by atoms with Crippen molar-refractivity contribution in [3.05, 3.63) is 29.3 Å². The molecule has 0 radical (unpaired) electrons. The maximum absolute atomic E-state index is 12.4. The summed E-state index contributed by atoms with van der Waals surface area (Å²) in [7, 11) is 0. The zero-order valence-corrected chi connectivity index (χ0v) is 14.0. The highest BCUT2D eigenvalue weighted by Gasteiger charge is 2.32. The van der Waals surface area contributed by atoms with Crippen LogP contribution in [0, 0.1) is 13.8 Å². The van der Waals surface area contributed by atoms with Gasteiger partial charge in [0.1, 0.15) is 6.42 Å². The number of hydrogen-bond acceptors (Lipinski definition) is 3. The molecule has 0 unspecified atom stereocenters. The number of amides is 2. The van der Waals surface area contributed by atoms with Crippen molar-refractivity contribution < 1.29 is 9.59 Å². The van der Waals surface area contributed by atoms with Crippen molar-refractivity contribution in [3.8, 4) is 0 Å². The van der Waals surface area contributed by atoms with Crippen LogP contribution in [-0.2, 0) is 9.59 Å². The highest BCUT2D eigenvalue weighted by atomic mass is 16.2. The van der Waals surface area contributed by atoms with Crippen molar-refractivity contribution in [2.45, 2.75) is 39.2 Å². The smallest absolute Gasteiger partial charge is 0.233 e. The van der Waals surface area contributed by atoms with Crippen LogP contribution >= 0.6 is 0 Å². The Labute approximate surface area is 137 Å². The Morgan fingerprint density at radius 3 is 2.83 bits per heavy atom.